The first-order valence-electron chi connectivity index (χ1n) is 6.18. The van der Waals surface area contributed by atoms with Crippen molar-refractivity contribution in [2.45, 2.75) is 13.3 Å². The van der Waals surface area contributed by atoms with Crippen LogP contribution in [-0.4, -0.2) is 14.5 Å². The number of aromatic nitrogens is 3. The summed E-state index contributed by atoms with van der Waals surface area (Å²) in [5.41, 5.74) is 4.07. The molecule has 94 valence electrons. The average Bonchev–Trinajstić information content (AvgIpc) is 2.96. The molecule has 0 saturated carbocycles. The highest BCUT2D eigenvalue weighted by atomic mass is 15.1. The van der Waals surface area contributed by atoms with E-state index in [1.165, 1.54) is 0 Å². The predicted molar refractivity (Wildman–Crippen MR) is 74.6 cm³/mol. The standard InChI is InChI=1S/C15H14N4/c1-10-13(7-8-16)18-15(19(10)2)12-9-17-14-6-4-3-5-11(12)14/h3-6,9,17H,7H2,1-2H3. The Morgan fingerprint density at radius 2 is 2.16 bits per heavy atom. The smallest absolute Gasteiger partial charge is 0.142 e. The number of nitrogens with one attached hydrogen (secondary N) is 1. The fourth-order valence-corrected chi connectivity index (χ4v) is 2.38. The van der Waals surface area contributed by atoms with Gasteiger partial charge in [0.1, 0.15) is 5.82 Å². The zero-order chi connectivity index (χ0) is 13.4. The Hall–Kier alpha value is -2.54. The number of nitriles is 1. The zero-order valence-corrected chi connectivity index (χ0v) is 10.9. The first-order valence-corrected chi connectivity index (χ1v) is 6.18. The molecule has 4 nitrogen and oxygen atoms in total. The molecule has 0 radical (unpaired) electrons. The number of hydrogen-bond acceptors (Lipinski definition) is 2. The lowest BCUT2D eigenvalue weighted by molar-refractivity contribution is 0.880. The topological polar surface area (TPSA) is 57.4 Å². The summed E-state index contributed by atoms with van der Waals surface area (Å²) < 4.78 is 2.04. The summed E-state index contributed by atoms with van der Waals surface area (Å²) >= 11 is 0. The van der Waals surface area contributed by atoms with Gasteiger partial charge in [0.05, 0.1) is 18.2 Å². The van der Waals surface area contributed by atoms with Gasteiger partial charge in [-0.2, -0.15) is 5.26 Å². The number of rotatable bonds is 2. The molecule has 0 amide bonds. The van der Waals surface area contributed by atoms with Crippen molar-refractivity contribution in [1.82, 2.24) is 14.5 Å². The molecule has 1 aromatic carbocycles. The molecule has 4 heteroatoms. The van der Waals surface area contributed by atoms with Crippen molar-refractivity contribution in [3.8, 4) is 17.5 Å². The maximum Gasteiger partial charge on any atom is 0.142 e. The van der Waals surface area contributed by atoms with Crippen LogP contribution in [0.15, 0.2) is 30.5 Å². The first kappa shape index (κ1) is 11.5. The summed E-state index contributed by atoms with van der Waals surface area (Å²) in [5.74, 6) is 0.903. The third-order valence-corrected chi connectivity index (χ3v) is 3.56. The molecule has 0 fully saturated rings. The van der Waals surface area contributed by atoms with Crippen LogP contribution in [-0.2, 0) is 13.5 Å². The maximum absolute atomic E-state index is 8.84. The molecule has 2 aromatic heterocycles. The Morgan fingerprint density at radius 1 is 1.37 bits per heavy atom. The van der Waals surface area contributed by atoms with Crippen LogP contribution in [0.25, 0.3) is 22.3 Å². The van der Waals surface area contributed by atoms with Crippen molar-refractivity contribution in [1.29, 1.82) is 5.26 Å². The average molecular weight is 250 g/mol. The summed E-state index contributed by atoms with van der Waals surface area (Å²) in [6.07, 6.45) is 2.32. The van der Waals surface area contributed by atoms with Gasteiger partial charge in [-0.05, 0) is 13.0 Å². The molecule has 0 bridgehead atoms. The molecule has 1 N–H and O–H groups in total. The van der Waals surface area contributed by atoms with Crippen molar-refractivity contribution in [2.24, 2.45) is 7.05 Å². The quantitative estimate of drug-likeness (QED) is 0.760. The zero-order valence-electron chi connectivity index (χ0n) is 10.9. The molecular weight excluding hydrogens is 236 g/mol. The van der Waals surface area contributed by atoms with Gasteiger partial charge in [0.15, 0.2) is 0 Å². The van der Waals surface area contributed by atoms with Crippen LogP contribution in [0.2, 0.25) is 0 Å². The lowest BCUT2D eigenvalue weighted by Gasteiger charge is -2.01. The van der Waals surface area contributed by atoms with E-state index >= 15 is 0 Å². The lowest BCUT2D eigenvalue weighted by Crippen LogP contribution is -1.94. The largest absolute Gasteiger partial charge is 0.360 e. The summed E-state index contributed by atoms with van der Waals surface area (Å²) in [4.78, 5) is 7.87. The van der Waals surface area contributed by atoms with E-state index in [9.17, 15) is 0 Å². The molecular formula is C15H14N4. The minimum atomic E-state index is 0.349. The Labute approximate surface area is 111 Å². The van der Waals surface area contributed by atoms with E-state index < -0.39 is 0 Å². The van der Waals surface area contributed by atoms with Crippen molar-refractivity contribution in [3.05, 3.63) is 41.9 Å². The second kappa shape index (κ2) is 4.29. The van der Waals surface area contributed by atoms with Gasteiger partial charge < -0.3 is 9.55 Å². The van der Waals surface area contributed by atoms with Gasteiger partial charge in [0.25, 0.3) is 0 Å². The van der Waals surface area contributed by atoms with E-state index in [4.69, 9.17) is 5.26 Å². The summed E-state index contributed by atoms with van der Waals surface area (Å²) in [5, 5.41) is 9.99. The van der Waals surface area contributed by atoms with E-state index in [2.05, 4.69) is 22.1 Å². The van der Waals surface area contributed by atoms with E-state index in [1.807, 2.05) is 42.9 Å². The molecule has 0 unspecified atom stereocenters. The minimum absolute atomic E-state index is 0.349. The van der Waals surface area contributed by atoms with Crippen LogP contribution in [0, 0.1) is 18.3 Å². The van der Waals surface area contributed by atoms with Crippen LogP contribution in [0.3, 0.4) is 0 Å². The molecule has 0 aliphatic rings. The van der Waals surface area contributed by atoms with Gasteiger partial charge in [0.2, 0.25) is 0 Å². The number of nitrogens with zero attached hydrogens (tertiary/aromatic N) is 3. The number of imidazole rings is 1. The number of para-hydroxylation sites is 1. The van der Waals surface area contributed by atoms with Crippen molar-refractivity contribution >= 4 is 10.9 Å². The van der Waals surface area contributed by atoms with Gasteiger partial charge in [-0.15, -0.1) is 0 Å². The Bertz CT molecular complexity index is 786. The van der Waals surface area contributed by atoms with E-state index in [0.29, 0.717) is 6.42 Å². The molecule has 0 saturated heterocycles. The van der Waals surface area contributed by atoms with Crippen LogP contribution < -0.4 is 0 Å². The van der Waals surface area contributed by atoms with E-state index in [-0.39, 0.29) is 0 Å². The second-order valence-corrected chi connectivity index (χ2v) is 4.61. The lowest BCUT2D eigenvalue weighted by atomic mass is 10.1. The van der Waals surface area contributed by atoms with E-state index in [0.717, 1.165) is 33.7 Å². The van der Waals surface area contributed by atoms with Crippen molar-refractivity contribution < 1.29 is 0 Å². The third-order valence-electron chi connectivity index (χ3n) is 3.56. The Balaban J connectivity index is 2.22. The molecule has 0 aliphatic heterocycles. The summed E-state index contributed by atoms with van der Waals surface area (Å²) in [6, 6.07) is 10.3. The van der Waals surface area contributed by atoms with Crippen molar-refractivity contribution in [3.63, 3.8) is 0 Å². The highest BCUT2D eigenvalue weighted by Gasteiger charge is 2.15. The SMILES string of the molecule is Cc1c(CC#N)nc(-c2c[nH]c3ccccc23)n1C. The fraction of sp³-hybridized carbons (Fsp3) is 0.200. The van der Waals surface area contributed by atoms with Gasteiger partial charge in [-0.25, -0.2) is 4.98 Å². The van der Waals surface area contributed by atoms with Crippen LogP contribution in [0.4, 0.5) is 0 Å². The molecule has 0 aliphatic carbocycles. The highest BCUT2D eigenvalue weighted by molar-refractivity contribution is 5.93. The Morgan fingerprint density at radius 3 is 2.95 bits per heavy atom. The van der Waals surface area contributed by atoms with Crippen LogP contribution >= 0.6 is 0 Å². The molecule has 3 rings (SSSR count). The highest BCUT2D eigenvalue weighted by Crippen LogP contribution is 2.28. The molecule has 0 atom stereocenters. The minimum Gasteiger partial charge on any atom is -0.360 e. The third kappa shape index (κ3) is 1.71. The van der Waals surface area contributed by atoms with Crippen molar-refractivity contribution in [2.75, 3.05) is 0 Å². The Kier molecular flexibility index (Phi) is 2.60. The van der Waals surface area contributed by atoms with Gasteiger partial charge in [0, 0.05) is 35.4 Å². The fourth-order valence-electron chi connectivity index (χ4n) is 2.38. The monoisotopic (exact) mass is 250 g/mol. The summed E-state index contributed by atoms with van der Waals surface area (Å²) in [6.45, 7) is 2.00. The number of hydrogen-bond donors (Lipinski definition) is 1. The molecule has 3 aromatic rings. The molecule has 2 heterocycles. The van der Waals surface area contributed by atoms with Crippen LogP contribution in [0.5, 0.6) is 0 Å². The molecule has 19 heavy (non-hydrogen) atoms. The first-order chi connectivity index (χ1) is 9.22. The molecule has 0 spiro atoms. The number of H-pyrrole nitrogens is 1. The maximum atomic E-state index is 8.84. The predicted octanol–water partition coefficient (Wildman–Crippen LogP) is 2.94. The van der Waals surface area contributed by atoms with Gasteiger partial charge in [-0.3, -0.25) is 0 Å². The number of fused-ring (bicyclic) bond motifs is 1. The number of aromatic amines is 1. The van der Waals surface area contributed by atoms with Gasteiger partial charge >= 0.3 is 0 Å². The van der Waals surface area contributed by atoms with Gasteiger partial charge in [-0.1, -0.05) is 18.2 Å². The van der Waals surface area contributed by atoms with Crippen LogP contribution in [0.1, 0.15) is 11.4 Å². The van der Waals surface area contributed by atoms with E-state index in [1.54, 1.807) is 0 Å². The summed E-state index contributed by atoms with van der Waals surface area (Å²) in [7, 11) is 1.99. The second-order valence-electron chi connectivity index (χ2n) is 4.61. The number of benzene rings is 1. The normalized spacial score (nSPS) is 10.8.